The zero-order valence-electron chi connectivity index (χ0n) is 29.6. The number of thioether (sulfide) groups is 1. The number of anilines is 3. The Balaban J connectivity index is 1.56. The van der Waals surface area contributed by atoms with Crippen LogP contribution in [0.4, 0.5) is 17.1 Å². The SMILES string of the molecule is C=CCN(C(=O)C1N([C@@H](CO)C(C)C)C(=O)[C@@H]2[C@@H](C(=O)N(CC=C)c3ccc(OCC)cc3)[C@H]3CCC12S3)c1ccc(N(CC)CC)cc1. The highest BCUT2D eigenvalue weighted by Crippen LogP contribution is 2.67. The molecule has 3 amide bonds. The van der Waals surface area contributed by atoms with Crippen LogP contribution in [0.2, 0.25) is 0 Å². The number of amides is 3. The average Bonchev–Trinajstić information content (AvgIpc) is 3.75. The van der Waals surface area contributed by atoms with Gasteiger partial charge >= 0.3 is 0 Å². The molecule has 9 nitrogen and oxygen atoms in total. The number of nitrogens with zero attached hydrogens (tertiary/aromatic N) is 4. The third-order valence-electron chi connectivity index (χ3n) is 10.5. The van der Waals surface area contributed by atoms with Gasteiger partial charge in [-0.25, -0.2) is 0 Å². The minimum atomic E-state index is -0.849. The van der Waals surface area contributed by atoms with Gasteiger partial charge in [-0.05, 0) is 88.1 Å². The van der Waals surface area contributed by atoms with E-state index in [1.54, 1.807) is 38.6 Å². The molecule has 264 valence electrons. The molecule has 3 fully saturated rings. The van der Waals surface area contributed by atoms with Crippen molar-refractivity contribution in [3.05, 3.63) is 73.8 Å². The van der Waals surface area contributed by atoms with Crippen molar-refractivity contribution < 1.29 is 24.2 Å². The zero-order valence-corrected chi connectivity index (χ0v) is 30.4. The quantitative estimate of drug-likeness (QED) is 0.224. The summed E-state index contributed by atoms with van der Waals surface area (Å²) in [6.07, 6.45) is 4.75. The first-order chi connectivity index (χ1) is 23.6. The number of carbonyl (C=O) groups excluding carboxylic acids is 3. The first-order valence-corrected chi connectivity index (χ1v) is 18.5. The Morgan fingerprint density at radius 1 is 0.959 bits per heavy atom. The van der Waals surface area contributed by atoms with Gasteiger partial charge in [0.25, 0.3) is 5.91 Å². The summed E-state index contributed by atoms with van der Waals surface area (Å²) in [5, 5.41) is 10.6. The van der Waals surface area contributed by atoms with Gasteiger partial charge in [-0.2, -0.15) is 0 Å². The molecule has 3 heterocycles. The summed E-state index contributed by atoms with van der Waals surface area (Å²) < 4.78 is 4.82. The number of hydrogen-bond donors (Lipinski definition) is 1. The molecule has 5 rings (SSSR count). The predicted octanol–water partition coefficient (Wildman–Crippen LogP) is 5.78. The normalized spacial score (nSPS) is 24.5. The summed E-state index contributed by atoms with van der Waals surface area (Å²) in [5.74, 6) is -1.29. The lowest BCUT2D eigenvalue weighted by molar-refractivity contribution is -0.142. The van der Waals surface area contributed by atoms with E-state index in [9.17, 15) is 14.7 Å². The Kier molecular flexibility index (Phi) is 11.5. The van der Waals surface area contributed by atoms with Crippen molar-refractivity contribution >= 4 is 46.5 Å². The molecule has 1 N–H and O–H groups in total. The molecule has 1 spiro atoms. The molecule has 0 saturated carbocycles. The molecule has 2 aromatic rings. The summed E-state index contributed by atoms with van der Waals surface area (Å²) in [7, 11) is 0. The summed E-state index contributed by atoms with van der Waals surface area (Å²) in [4.78, 5) is 51.9. The standard InChI is InChI=1S/C39H52N4O5S/c1-8-23-41(29-17-19-30(20-18-29)48-12-5)36(45)33-32-21-22-39(49-32)34(33)37(46)43(31(25-44)26(6)7)35(39)38(47)42(24-9-2)28-15-13-27(14-16-28)40(10-3)11-4/h8-9,13-20,26,31-35,44H,1-2,10-12,21-25H2,3-7H3/t31-,32+,33-,34-,35?,39?/m0/s1. The third-order valence-corrected chi connectivity index (χ3v) is 12.4. The van der Waals surface area contributed by atoms with Crippen molar-refractivity contribution in [1.29, 1.82) is 0 Å². The van der Waals surface area contributed by atoms with Crippen LogP contribution in [-0.2, 0) is 14.4 Å². The molecular weight excluding hydrogens is 637 g/mol. The van der Waals surface area contributed by atoms with Crippen molar-refractivity contribution in [2.75, 3.05) is 54.1 Å². The lowest BCUT2D eigenvalue weighted by atomic mass is 9.70. The molecule has 0 aliphatic carbocycles. The molecule has 2 aromatic carbocycles. The van der Waals surface area contributed by atoms with E-state index in [-0.39, 0.29) is 48.6 Å². The van der Waals surface area contributed by atoms with E-state index in [0.29, 0.717) is 24.5 Å². The van der Waals surface area contributed by atoms with Crippen molar-refractivity contribution in [3.8, 4) is 5.75 Å². The molecule has 0 aromatic heterocycles. The van der Waals surface area contributed by atoms with Crippen molar-refractivity contribution in [2.45, 2.75) is 69.5 Å². The Labute approximate surface area is 296 Å². The van der Waals surface area contributed by atoms with Crippen molar-refractivity contribution in [3.63, 3.8) is 0 Å². The summed E-state index contributed by atoms with van der Waals surface area (Å²) >= 11 is 1.63. The summed E-state index contributed by atoms with van der Waals surface area (Å²) in [5.41, 5.74) is 2.49. The van der Waals surface area contributed by atoms with Gasteiger partial charge in [-0.1, -0.05) is 26.0 Å². The zero-order chi connectivity index (χ0) is 35.5. The molecule has 2 unspecified atom stereocenters. The number of aliphatic hydroxyl groups is 1. The van der Waals surface area contributed by atoms with E-state index in [4.69, 9.17) is 4.74 Å². The van der Waals surface area contributed by atoms with Crippen LogP contribution < -0.4 is 19.4 Å². The van der Waals surface area contributed by atoms with Gasteiger partial charge in [0.05, 0.1) is 35.8 Å². The Hall–Kier alpha value is -3.76. The van der Waals surface area contributed by atoms with Crippen LogP contribution in [0.1, 0.15) is 47.5 Å². The van der Waals surface area contributed by atoms with Crippen LogP contribution in [0.5, 0.6) is 5.75 Å². The Bertz CT molecular complexity index is 1510. The third kappa shape index (κ3) is 6.50. The van der Waals surface area contributed by atoms with Gasteiger partial charge in [-0.15, -0.1) is 24.9 Å². The Morgan fingerprint density at radius 3 is 2.02 bits per heavy atom. The summed E-state index contributed by atoms with van der Waals surface area (Å²) in [6.45, 7) is 20.5. The number of benzene rings is 2. The van der Waals surface area contributed by atoms with Gasteiger partial charge in [0.15, 0.2) is 0 Å². The van der Waals surface area contributed by atoms with Crippen molar-refractivity contribution in [1.82, 2.24) is 4.90 Å². The minimum Gasteiger partial charge on any atom is -0.494 e. The number of aliphatic hydroxyl groups excluding tert-OH is 1. The monoisotopic (exact) mass is 688 g/mol. The van der Waals surface area contributed by atoms with E-state index in [0.717, 1.165) is 30.9 Å². The van der Waals surface area contributed by atoms with E-state index in [2.05, 4.69) is 31.9 Å². The molecule has 2 bridgehead atoms. The highest BCUT2D eigenvalue weighted by atomic mass is 32.2. The van der Waals surface area contributed by atoms with Gasteiger partial charge in [-0.3, -0.25) is 14.4 Å². The van der Waals surface area contributed by atoms with Crippen LogP contribution in [-0.4, -0.2) is 89.2 Å². The van der Waals surface area contributed by atoms with E-state index >= 15 is 4.79 Å². The highest BCUT2D eigenvalue weighted by molar-refractivity contribution is 8.02. The van der Waals surface area contributed by atoms with Gasteiger partial charge in [0, 0.05) is 48.5 Å². The molecule has 10 heteroatoms. The molecular formula is C39H52N4O5S. The number of hydrogen-bond acceptors (Lipinski definition) is 7. The fourth-order valence-electron chi connectivity index (χ4n) is 8.18. The second-order valence-corrected chi connectivity index (χ2v) is 15.0. The fourth-order valence-corrected chi connectivity index (χ4v) is 10.4. The maximum Gasteiger partial charge on any atom is 0.251 e. The van der Waals surface area contributed by atoms with E-state index in [1.807, 2.05) is 69.3 Å². The maximum atomic E-state index is 15.1. The molecule has 0 radical (unpaired) electrons. The number of fused-ring (bicyclic) bond motifs is 1. The fraction of sp³-hybridized carbons (Fsp3) is 0.513. The topological polar surface area (TPSA) is 93.6 Å². The van der Waals surface area contributed by atoms with Gasteiger partial charge < -0.3 is 29.4 Å². The first kappa shape index (κ1) is 36.5. The number of rotatable bonds is 16. The maximum absolute atomic E-state index is 15.1. The molecule has 3 aliphatic rings. The number of likely N-dealkylation sites (tertiary alicyclic amines) is 1. The van der Waals surface area contributed by atoms with Crippen LogP contribution in [0.15, 0.2) is 73.8 Å². The summed E-state index contributed by atoms with van der Waals surface area (Å²) in [6, 6.07) is 13.9. The lowest BCUT2D eigenvalue weighted by Crippen LogP contribution is -2.58. The second kappa shape index (κ2) is 15.4. The minimum absolute atomic E-state index is 0.109. The molecule has 3 saturated heterocycles. The largest absolute Gasteiger partial charge is 0.494 e. The lowest BCUT2D eigenvalue weighted by Gasteiger charge is -2.40. The first-order valence-electron chi connectivity index (χ1n) is 17.6. The molecule has 6 atom stereocenters. The van der Waals surface area contributed by atoms with Gasteiger partial charge in [0.2, 0.25) is 11.8 Å². The number of carbonyl (C=O) groups is 3. The smallest absolute Gasteiger partial charge is 0.251 e. The molecule has 49 heavy (non-hydrogen) atoms. The van der Waals surface area contributed by atoms with Gasteiger partial charge in [0.1, 0.15) is 11.8 Å². The van der Waals surface area contributed by atoms with Crippen LogP contribution in [0.25, 0.3) is 0 Å². The van der Waals surface area contributed by atoms with Crippen LogP contribution in [0, 0.1) is 17.8 Å². The Morgan fingerprint density at radius 2 is 1.51 bits per heavy atom. The van der Waals surface area contributed by atoms with Crippen LogP contribution >= 0.6 is 11.8 Å². The average molecular weight is 689 g/mol. The van der Waals surface area contributed by atoms with E-state index in [1.165, 1.54) is 0 Å². The second-order valence-electron chi connectivity index (χ2n) is 13.4. The number of ether oxygens (including phenoxy) is 1. The van der Waals surface area contributed by atoms with E-state index < -0.39 is 28.7 Å². The molecule has 3 aliphatic heterocycles. The van der Waals surface area contributed by atoms with Crippen LogP contribution in [0.3, 0.4) is 0 Å². The highest BCUT2D eigenvalue weighted by Gasteiger charge is 2.74. The predicted molar refractivity (Wildman–Crippen MR) is 199 cm³/mol. The van der Waals surface area contributed by atoms with Crippen molar-refractivity contribution in [2.24, 2.45) is 17.8 Å².